The van der Waals surface area contributed by atoms with Gasteiger partial charge in [-0.05, 0) is 74.6 Å². The van der Waals surface area contributed by atoms with E-state index in [-0.39, 0.29) is 22.3 Å². The molecule has 32 heavy (non-hydrogen) atoms. The molecule has 0 saturated heterocycles. The maximum absolute atomic E-state index is 13.7. The van der Waals surface area contributed by atoms with Gasteiger partial charge in [-0.15, -0.1) is 5.10 Å². The molecular weight excluding hydrogens is 443 g/mol. The van der Waals surface area contributed by atoms with E-state index in [0.717, 1.165) is 22.3 Å². The number of hydrogen-bond acceptors (Lipinski definition) is 4. The third-order valence-corrected chi connectivity index (χ3v) is 6.41. The summed E-state index contributed by atoms with van der Waals surface area (Å²) in [5.74, 6) is -0.359. The fourth-order valence-corrected chi connectivity index (χ4v) is 4.13. The fourth-order valence-electron chi connectivity index (χ4n) is 3.62. The molecule has 3 rings (SSSR count). The maximum atomic E-state index is 13.7. The first-order valence-corrected chi connectivity index (χ1v) is 10.8. The Bertz CT molecular complexity index is 1230. The minimum absolute atomic E-state index is 0.110. The predicted molar refractivity (Wildman–Crippen MR) is 133 cm³/mol. The lowest BCUT2D eigenvalue weighted by molar-refractivity contribution is 0.106. The largest absolute Gasteiger partial charge is 0.506 e. The normalized spacial score (nSPS) is 11.9. The number of ketones is 1. The first-order chi connectivity index (χ1) is 15.1. The fraction of sp³-hybridized carbons (Fsp3) is 0.192. The molecule has 0 unspecified atom stereocenters. The van der Waals surface area contributed by atoms with Crippen molar-refractivity contribution in [3.8, 4) is 5.75 Å². The summed E-state index contributed by atoms with van der Waals surface area (Å²) in [5.41, 5.74) is 7.03. The molecule has 0 aromatic heterocycles. The Morgan fingerprint density at radius 3 is 2.03 bits per heavy atom. The van der Waals surface area contributed by atoms with Crippen molar-refractivity contribution in [3.05, 3.63) is 97.0 Å². The third-order valence-electron chi connectivity index (χ3n) is 5.90. The Morgan fingerprint density at radius 1 is 0.875 bits per heavy atom. The van der Waals surface area contributed by atoms with Crippen molar-refractivity contribution in [1.29, 1.82) is 0 Å². The van der Waals surface area contributed by atoms with Gasteiger partial charge in [0.15, 0.2) is 0 Å². The molecule has 0 fully saturated rings. The Balaban J connectivity index is 2.15. The first kappa shape index (κ1) is 23.7. The first-order valence-electron chi connectivity index (χ1n) is 10.1. The summed E-state index contributed by atoms with van der Waals surface area (Å²) in [6, 6.07) is 12.2. The smallest absolute Gasteiger partial charge is 0.214 e. The van der Waals surface area contributed by atoms with Gasteiger partial charge in [0.25, 0.3) is 0 Å². The number of phenolic OH excluding ortho intramolecular Hbond substituents is 1. The summed E-state index contributed by atoms with van der Waals surface area (Å²) >= 11 is 12.0. The summed E-state index contributed by atoms with van der Waals surface area (Å²) in [4.78, 5) is 13.7. The van der Waals surface area contributed by atoms with Crippen molar-refractivity contribution in [3.63, 3.8) is 0 Å². The lowest BCUT2D eigenvalue weighted by atomic mass is 9.86. The van der Waals surface area contributed by atoms with Crippen LogP contribution >= 0.6 is 23.2 Å². The molecule has 0 atom stereocenters. The van der Waals surface area contributed by atoms with E-state index in [1.54, 1.807) is 0 Å². The topological polar surface area (TPSA) is 62.0 Å². The Hall–Kier alpha value is -2.95. The number of Topliss-reactive ketones (excluding diaryl/α,β-unsaturated/α-hetero) is 1. The van der Waals surface area contributed by atoms with Gasteiger partial charge in [0.05, 0.1) is 11.2 Å². The average molecular weight is 467 g/mol. The van der Waals surface area contributed by atoms with Crippen molar-refractivity contribution >= 4 is 40.9 Å². The van der Waals surface area contributed by atoms with E-state index in [2.05, 4.69) is 17.1 Å². The molecule has 164 valence electrons. The van der Waals surface area contributed by atoms with Gasteiger partial charge in [-0.2, -0.15) is 5.10 Å². The van der Waals surface area contributed by atoms with Crippen LogP contribution in [0.2, 0.25) is 10.0 Å². The van der Waals surface area contributed by atoms with Crippen LogP contribution < -0.4 is 0 Å². The van der Waals surface area contributed by atoms with Gasteiger partial charge in [-0.1, -0.05) is 53.5 Å². The zero-order valence-electron chi connectivity index (χ0n) is 18.6. The van der Waals surface area contributed by atoms with Crippen LogP contribution in [0.5, 0.6) is 5.75 Å². The van der Waals surface area contributed by atoms with Crippen molar-refractivity contribution in [1.82, 2.24) is 0 Å². The van der Waals surface area contributed by atoms with E-state index in [9.17, 15) is 9.90 Å². The van der Waals surface area contributed by atoms with Crippen LogP contribution in [0.1, 0.15) is 49.3 Å². The molecule has 3 aromatic rings. The number of carbonyl (C=O) groups excluding carboxylic acids is 1. The van der Waals surface area contributed by atoms with E-state index < -0.39 is 0 Å². The van der Waals surface area contributed by atoms with Gasteiger partial charge in [-0.3, -0.25) is 4.79 Å². The molecule has 1 N–H and O–H groups in total. The monoisotopic (exact) mass is 466 g/mol. The Kier molecular flexibility index (Phi) is 7.17. The highest BCUT2D eigenvalue weighted by atomic mass is 35.5. The van der Waals surface area contributed by atoms with Gasteiger partial charge in [0, 0.05) is 21.7 Å². The van der Waals surface area contributed by atoms with E-state index in [0.29, 0.717) is 21.7 Å². The third kappa shape index (κ3) is 4.62. The minimum atomic E-state index is -0.206. The number of nitrogens with zero attached hydrogens (tertiary/aromatic N) is 2. The van der Waals surface area contributed by atoms with Crippen LogP contribution in [-0.2, 0) is 0 Å². The molecule has 0 amide bonds. The second-order valence-corrected chi connectivity index (χ2v) is 8.56. The molecular formula is C26H24Cl2N2O2. The van der Waals surface area contributed by atoms with Crippen LogP contribution in [0.25, 0.3) is 0 Å². The number of carbonyl (C=O) groups is 1. The summed E-state index contributed by atoms with van der Waals surface area (Å²) in [6.45, 7) is 10.0. The van der Waals surface area contributed by atoms with Crippen LogP contribution in [0.15, 0.2) is 52.7 Å². The Morgan fingerprint density at radius 2 is 1.44 bits per heavy atom. The number of phenols is 1. The van der Waals surface area contributed by atoms with Crippen molar-refractivity contribution in [2.75, 3.05) is 0 Å². The van der Waals surface area contributed by atoms with Gasteiger partial charge >= 0.3 is 0 Å². The zero-order valence-corrected chi connectivity index (χ0v) is 20.1. The molecule has 0 aliphatic rings. The van der Waals surface area contributed by atoms with E-state index in [1.807, 2.05) is 58.0 Å². The predicted octanol–water partition coefficient (Wildman–Crippen LogP) is 6.95. The summed E-state index contributed by atoms with van der Waals surface area (Å²) in [5, 5.41) is 19.0. The van der Waals surface area contributed by atoms with Gasteiger partial charge in [0.2, 0.25) is 5.78 Å². The molecule has 3 aromatic carbocycles. The number of hydrogen-bond donors (Lipinski definition) is 1. The molecule has 0 aliphatic carbocycles. The molecule has 6 heteroatoms. The van der Waals surface area contributed by atoms with Crippen LogP contribution in [-0.4, -0.2) is 22.8 Å². The molecule has 0 saturated carbocycles. The van der Waals surface area contributed by atoms with E-state index >= 15 is 0 Å². The molecule has 0 heterocycles. The highest BCUT2D eigenvalue weighted by Crippen LogP contribution is 2.30. The standard InChI is InChI=1S/C26H24Cl2N2O2/c1-14-15(2)17(4)23(18(5)16(14)3)26(32)24(19-9-7-6-8-10-19)30-29-13-20-11-21(27)12-22(28)25(20)31/h6-13,31H,1-5H3/b29-13+,30-24+. The maximum Gasteiger partial charge on any atom is 0.214 e. The zero-order chi connectivity index (χ0) is 23.6. The number of aromatic hydroxyl groups is 1. The molecule has 0 bridgehead atoms. The van der Waals surface area contributed by atoms with Crippen molar-refractivity contribution < 1.29 is 9.90 Å². The van der Waals surface area contributed by atoms with Crippen molar-refractivity contribution in [2.45, 2.75) is 34.6 Å². The second-order valence-electron chi connectivity index (χ2n) is 7.71. The van der Waals surface area contributed by atoms with Gasteiger partial charge in [-0.25, -0.2) is 0 Å². The number of rotatable bonds is 5. The summed E-state index contributed by atoms with van der Waals surface area (Å²) in [6.07, 6.45) is 1.33. The highest BCUT2D eigenvalue weighted by Gasteiger charge is 2.23. The quantitative estimate of drug-likeness (QED) is 0.251. The van der Waals surface area contributed by atoms with Gasteiger partial charge < -0.3 is 5.11 Å². The SMILES string of the molecule is Cc1c(C)c(C)c(C(=O)/C(=N/N=C/c2cc(Cl)cc(Cl)c2O)c2ccccc2)c(C)c1C. The lowest BCUT2D eigenvalue weighted by Crippen LogP contribution is -2.20. The van der Waals surface area contributed by atoms with E-state index in [4.69, 9.17) is 23.2 Å². The molecule has 0 radical (unpaired) electrons. The Labute approximate surface area is 198 Å². The van der Waals surface area contributed by atoms with E-state index in [1.165, 1.54) is 23.9 Å². The molecule has 0 aliphatic heterocycles. The van der Waals surface area contributed by atoms with Crippen LogP contribution in [0, 0.1) is 34.6 Å². The number of halogens is 2. The molecule has 0 spiro atoms. The second kappa shape index (κ2) is 9.68. The summed E-state index contributed by atoms with van der Waals surface area (Å²) in [7, 11) is 0. The van der Waals surface area contributed by atoms with Crippen LogP contribution in [0.4, 0.5) is 0 Å². The van der Waals surface area contributed by atoms with Gasteiger partial charge in [0.1, 0.15) is 11.5 Å². The molecule has 4 nitrogen and oxygen atoms in total. The lowest BCUT2D eigenvalue weighted by Gasteiger charge is -2.18. The minimum Gasteiger partial charge on any atom is -0.506 e. The average Bonchev–Trinajstić information content (AvgIpc) is 2.77. The summed E-state index contributed by atoms with van der Waals surface area (Å²) < 4.78 is 0. The number of benzene rings is 3. The van der Waals surface area contributed by atoms with Crippen LogP contribution in [0.3, 0.4) is 0 Å². The highest BCUT2D eigenvalue weighted by molar-refractivity contribution is 6.52. The van der Waals surface area contributed by atoms with Crippen molar-refractivity contribution in [2.24, 2.45) is 10.2 Å².